The Morgan fingerprint density at radius 3 is 2.40 bits per heavy atom. The van der Waals surface area contributed by atoms with Crippen LogP contribution in [0.1, 0.15) is 0 Å². The molecule has 0 aliphatic rings. The van der Waals surface area contributed by atoms with Crippen molar-refractivity contribution in [2.45, 2.75) is 6.11 Å². The summed E-state index contributed by atoms with van der Waals surface area (Å²) < 4.78 is 23.0. The van der Waals surface area contributed by atoms with Crippen molar-refractivity contribution in [3.8, 4) is 0 Å². The molecule has 0 rings (SSSR count). The van der Waals surface area contributed by atoms with Gasteiger partial charge in [-0.15, -0.1) is 0 Å². The first-order valence-corrected chi connectivity index (χ1v) is 2.48. The molecular formula is C4H7F2NO3. The van der Waals surface area contributed by atoms with Gasteiger partial charge in [0.1, 0.15) is 0 Å². The van der Waals surface area contributed by atoms with Crippen molar-refractivity contribution in [1.82, 2.24) is 5.32 Å². The third kappa shape index (κ3) is 3.31. The van der Waals surface area contributed by atoms with Gasteiger partial charge < -0.3 is 15.5 Å². The first-order chi connectivity index (χ1) is 4.48. The molecule has 0 heterocycles. The van der Waals surface area contributed by atoms with Crippen LogP contribution in [0.5, 0.6) is 0 Å². The number of nitrogens with one attached hydrogen (secondary N) is 1. The van der Waals surface area contributed by atoms with Crippen LogP contribution in [0.25, 0.3) is 0 Å². The van der Waals surface area contributed by atoms with E-state index < -0.39 is 18.6 Å². The predicted molar refractivity (Wildman–Crippen MR) is 27.3 cm³/mol. The summed E-state index contributed by atoms with van der Waals surface area (Å²) in [5.74, 6) is -1.80. The second kappa shape index (κ2) is 3.43. The molecule has 0 radical (unpaired) electrons. The average Bonchev–Trinajstić information content (AvgIpc) is 1.80. The van der Waals surface area contributed by atoms with Crippen LogP contribution in [-0.2, 0) is 4.79 Å². The maximum Gasteiger partial charge on any atom is 0.433 e. The van der Waals surface area contributed by atoms with Crippen LogP contribution in [0, 0.1) is 0 Å². The Hall–Kier alpha value is -0.750. The van der Waals surface area contributed by atoms with Gasteiger partial charge in [0.2, 0.25) is 0 Å². The van der Waals surface area contributed by atoms with Gasteiger partial charge in [0, 0.05) is 6.54 Å². The molecule has 0 saturated carbocycles. The zero-order valence-corrected chi connectivity index (χ0v) is 4.97. The summed E-state index contributed by atoms with van der Waals surface area (Å²) in [6.07, 6.45) is -4.35. The fourth-order valence-electron chi connectivity index (χ4n) is 0.276. The van der Waals surface area contributed by atoms with E-state index in [0.29, 0.717) is 0 Å². The molecule has 0 aliphatic carbocycles. The van der Waals surface area contributed by atoms with Crippen LogP contribution in [0.3, 0.4) is 0 Å². The van der Waals surface area contributed by atoms with E-state index in [9.17, 15) is 13.6 Å². The van der Waals surface area contributed by atoms with Crippen molar-refractivity contribution in [2.24, 2.45) is 0 Å². The fourth-order valence-corrected chi connectivity index (χ4v) is 0.276. The van der Waals surface area contributed by atoms with Crippen LogP contribution in [0.4, 0.5) is 8.78 Å². The second-order valence-electron chi connectivity index (χ2n) is 1.52. The molecular weight excluding hydrogens is 148 g/mol. The number of halogens is 2. The Morgan fingerprint density at radius 2 is 2.10 bits per heavy atom. The molecule has 0 bridgehead atoms. The van der Waals surface area contributed by atoms with Crippen molar-refractivity contribution >= 4 is 5.91 Å². The van der Waals surface area contributed by atoms with E-state index in [2.05, 4.69) is 0 Å². The van der Waals surface area contributed by atoms with Crippen molar-refractivity contribution in [1.29, 1.82) is 0 Å². The quantitative estimate of drug-likeness (QED) is 0.473. The summed E-state index contributed by atoms with van der Waals surface area (Å²) in [4.78, 5) is 10.0. The van der Waals surface area contributed by atoms with Crippen molar-refractivity contribution < 1.29 is 23.8 Å². The van der Waals surface area contributed by atoms with Crippen LogP contribution in [0.15, 0.2) is 0 Å². The Balaban J connectivity index is 3.64. The number of carbonyl (C=O) groups excluding carboxylic acids is 1. The van der Waals surface area contributed by atoms with Crippen molar-refractivity contribution in [3.63, 3.8) is 0 Å². The normalized spacial score (nSPS) is 11.2. The van der Waals surface area contributed by atoms with Crippen LogP contribution in [-0.4, -0.2) is 35.4 Å². The highest BCUT2D eigenvalue weighted by molar-refractivity contribution is 5.81. The third-order valence-corrected chi connectivity index (χ3v) is 0.671. The molecule has 6 heteroatoms. The maximum atomic E-state index is 11.5. The summed E-state index contributed by atoms with van der Waals surface area (Å²) in [7, 11) is 0. The summed E-state index contributed by atoms with van der Waals surface area (Å²) in [6.45, 7) is -0.739. The van der Waals surface area contributed by atoms with E-state index in [-0.39, 0.29) is 6.54 Å². The smallest absolute Gasteiger partial charge is 0.395 e. The van der Waals surface area contributed by atoms with Gasteiger partial charge in [0.05, 0.1) is 6.61 Å². The Kier molecular flexibility index (Phi) is 3.17. The minimum absolute atomic E-state index is 0.297. The maximum absolute atomic E-state index is 11.5. The lowest BCUT2D eigenvalue weighted by molar-refractivity contribution is -0.205. The largest absolute Gasteiger partial charge is 0.433 e. The molecule has 4 nitrogen and oxygen atoms in total. The van der Waals surface area contributed by atoms with E-state index in [1.807, 2.05) is 0 Å². The van der Waals surface area contributed by atoms with Gasteiger partial charge >= 0.3 is 12.0 Å². The molecule has 0 spiro atoms. The lowest BCUT2D eigenvalue weighted by Crippen LogP contribution is -2.40. The number of alkyl halides is 2. The second-order valence-corrected chi connectivity index (χ2v) is 1.52. The number of hydrogen-bond donors (Lipinski definition) is 3. The number of aliphatic hydroxyl groups excluding tert-OH is 1. The van der Waals surface area contributed by atoms with E-state index in [1.165, 1.54) is 0 Å². The Bertz CT molecular complexity index is 122. The zero-order valence-electron chi connectivity index (χ0n) is 4.97. The molecule has 0 unspecified atom stereocenters. The highest BCUT2D eigenvalue weighted by Gasteiger charge is 2.34. The third-order valence-electron chi connectivity index (χ3n) is 0.671. The SMILES string of the molecule is O=C(NCCO)C(O)(F)F. The highest BCUT2D eigenvalue weighted by Crippen LogP contribution is 2.06. The molecule has 0 atom stereocenters. The van der Waals surface area contributed by atoms with Crippen LogP contribution >= 0.6 is 0 Å². The van der Waals surface area contributed by atoms with Crippen LogP contribution < -0.4 is 5.32 Å². The number of carbonyl (C=O) groups is 1. The predicted octanol–water partition coefficient (Wildman–Crippen LogP) is -1.32. The topological polar surface area (TPSA) is 69.6 Å². The Morgan fingerprint density at radius 1 is 1.60 bits per heavy atom. The van der Waals surface area contributed by atoms with Crippen molar-refractivity contribution in [3.05, 3.63) is 0 Å². The monoisotopic (exact) mass is 155 g/mol. The molecule has 3 N–H and O–H groups in total. The molecule has 0 aromatic rings. The lowest BCUT2D eigenvalue weighted by Gasteiger charge is -2.07. The number of rotatable bonds is 3. The minimum Gasteiger partial charge on any atom is -0.395 e. The number of hydrogen-bond acceptors (Lipinski definition) is 3. The number of aliphatic hydroxyl groups is 2. The summed E-state index contributed by atoms with van der Waals surface area (Å²) in [5.41, 5.74) is 0. The first-order valence-electron chi connectivity index (χ1n) is 2.48. The molecule has 0 saturated heterocycles. The molecule has 60 valence electrons. The summed E-state index contributed by atoms with van der Waals surface area (Å²) in [6, 6.07) is 0. The lowest BCUT2D eigenvalue weighted by atomic mass is 10.5. The molecule has 0 fully saturated rings. The van der Waals surface area contributed by atoms with E-state index in [1.54, 1.807) is 5.32 Å². The standard InChI is InChI=1S/C4H7F2NO3/c5-4(6,10)3(9)7-1-2-8/h8,10H,1-2H2,(H,7,9). The molecule has 0 aliphatic heterocycles. The average molecular weight is 155 g/mol. The van der Waals surface area contributed by atoms with Gasteiger partial charge in [-0.05, 0) is 0 Å². The van der Waals surface area contributed by atoms with Gasteiger partial charge in [0.15, 0.2) is 0 Å². The molecule has 0 aromatic heterocycles. The molecule has 1 amide bonds. The van der Waals surface area contributed by atoms with E-state index in [0.717, 1.165) is 0 Å². The van der Waals surface area contributed by atoms with Gasteiger partial charge in [-0.1, -0.05) is 0 Å². The van der Waals surface area contributed by atoms with Crippen molar-refractivity contribution in [2.75, 3.05) is 13.2 Å². The fraction of sp³-hybridized carbons (Fsp3) is 0.750. The summed E-state index contributed by atoms with van der Waals surface area (Å²) in [5, 5.41) is 17.3. The minimum atomic E-state index is -4.35. The highest BCUT2D eigenvalue weighted by atomic mass is 19.3. The summed E-state index contributed by atoms with van der Waals surface area (Å²) >= 11 is 0. The molecule has 10 heavy (non-hydrogen) atoms. The Labute approximate surface area is 55.5 Å². The van der Waals surface area contributed by atoms with Gasteiger partial charge in [-0.3, -0.25) is 4.79 Å². The van der Waals surface area contributed by atoms with E-state index >= 15 is 0 Å². The zero-order chi connectivity index (χ0) is 8.20. The van der Waals surface area contributed by atoms with Gasteiger partial charge in [-0.25, -0.2) is 0 Å². The molecule has 0 aromatic carbocycles. The number of amides is 1. The van der Waals surface area contributed by atoms with Crippen LogP contribution in [0.2, 0.25) is 0 Å². The van der Waals surface area contributed by atoms with E-state index in [4.69, 9.17) is 10.2 Å². The van der Waals surface area contributed by atoms with Gasteiger partial charge in [-0.2, -0.15) is 8.78 Å². The first kappa shape index (κ1) is 9.25. The van der Waals surface area contributed by atoms with Gasteiger partial charge in [0.25, 0.3) is 0 Å².